The third-order valence-corrected chi connectivity index (χ3v) is 3.56. The van der Waals surface area contributed by atoms with Crippen LogP contribution in [0.4, 0.5) is 0 Å². The quantitative estimate of drug-likeness (QED) is 0.904. The van der Waals surface area contributed by atoms with Crippen molar-refractivity contribution in [3.63, 3.8) is 0 Å². The summed E-state index contributed by atoms with van der Waals surface area (Å²) in [4.78, 5) is 17.0. The van der Waals surface area contributed by atoms with Gasteiger partial charge in [0, 0.05) is 6.20 Å². The van der Waals surface area contributed by atoms with Crippen molar-refractivity contribution >= 4 is 17.2 Å². The molecule has 0 aliphatic heterocycles. The van der Waals surface area contributed by atoms with Gasteiger partial charge in [0.15, 0.2) is 0 Å². The number of amides is 1. The summed E-state index contributed by atoms with van der Waals surface area (Å²) >= 11 is 1.46. The lowest BCUT2D eigenvalue weighted by molar-refractivity contribution is 0.0942. The lowest BCUT2D eigenvalue weighted by Crippen LogP contribution is -2.26. The van der Waals surface area contributed by atoms with Gasteiger partial charge in [-0.05, 0) is 43.0 Å². The second-order valence-electron chi connectivity index (χ2n) is 3.88. The van der Waals surface area contributed by atoms with E-state index in [2.05, 4.69) is 10.3 Å². The summed E-state index contributed by atoms with van der Waals surface area (Å²) in [5.41, 5.74) is 1.88. The molecule has 1 N–H and O–H groups in total. The van der Waals surface area contributed by atoms with E-state index in [9.17, 15) is 4.79 Å². The van der Waals surface area contributed by atoms with Crippen LogP contribution in [-0.4, -0.2) is 10.9 Å². The smallest absolute Gasteiger partial charge is 0.262 e. The van der Waals surface area contributed by atoms with E-state index in [1.807, 2.05) is 43.5 Å². The van der Waals surface area contributed by atoms with Gasteiger partial charge < -0.3 is 5.32 Å². The molecule has 0 saturated heterocycles. The number of thiophene rings is 1. The number of nitrogens with one attached hydrogen (secondary N) is 1. The zero-order valence-electron chi connectivity index (χ0n) is 9.81. The van der Waals surface area contributed by atoms with Crippen molar-refractivity contribution in [1.29, 1.82) is 0 Å². The molecule has 0 bridgehead atoms. The molecule has 0 aliphatic carbocycles. The van der Waals surface area contributed by atoms with Gasteiger partial charge in [-0.2, -0.15) is 0 Å². The predicted molar refractivity (Wildman–Crippen MR) is 69.2 cm³/mol. The van der Waals surface area contributed by atoms with Crippen molar-refractivity contribution in [3.8, 4) is 0 Å². The Kier molecular flexibility index (Phi) is 3.54. The molecular weight excluding hydrogens is 232 g/mol. The van der Waals surface area contributed by atoms with Crippen LogP contribution in [0.15, 0.2) is 35.8 Å². The van der Waals surface area contributed by atoms with Crippen LogP contribution in [-0.2, 0) is 0 Å². The van der Waals surface area contributed by atoms with E-state index in [0.717, 1.165) is 16.1 Å². The van der Waals surface area contributed by atoms with Crippen molar-refractivity contribution < 1.29 is 4.79 Å². The number of aryl methyl sites for hydroxylation is 1. The van der Waals surface area contributed by atoms with E-state index in [1.54, 1.807) is 6.20 Å². The number of hydrogen-bond acceptors (Lipinski definition) is 3. The Morgan fingerprint density at radius 3 is 2.82 bits per heavy atom. The number of carbonyl (C=O) groups excluding carboxylic acids is 1. The number of rotatable bonds is 3. The van der Waals surface area contributed by atoms with Crippen LogP contribution in [0.2, 0.25) is 0 Å². The molecule has 0 aliphatic rings. The summed E-state index contributed by atoms with van der Waals surface area (Å²) in [6.07, 6.45) is 1.73. The van der Waals surface area contributed by atoms with Gasteiger partial charge in [0.25, 0.3) is 5.91 Å². The van der Waals surface area contributed by atoms with Gasteiger partial charge in [0.1, 0.15) is 0 Å². The van der Waals surface area contributed by atoms with Crippen molar-refractivity contribution in [2.24, 2.45) is 0 Å². The van der Waals surface area contributed by atoms with Gasteiger partial charge >= 0.3 is 0 Å². The number of hydrogen-bond donors (Lipinski definition) is 1. The van der Waals surface area contributed by atoms with E-state index in [4.69, 9.17) is 0 Å². The van der Waals surface area contributed by atoms with Crippen LogP contribution in [0, 0.1) is 6.92 Å². The van der Waals surface area contributed by atoms with E-state index in [1.165, 1.54) is 11.3 Å². The van der Waals surface area contributed by atoms with Crippen LogP contribution >= 0.6 is 11.3 Å². The van der Waals surface area contributed by atoms with Crippen LogP contribution in [0.5, 0.6) is 0 Å². The van der Waals surface area contributed by atoms with E-state index < -0.39 is 0 Å². The Bertz CT molecular complexity index is 507. The molecule has 0 spiro atoms. The minimum Gasteiger partial charge on any atom is -0.343 e. The van der Waals surface area contributed by atoms with Crippen LogP contribution < -0.4 is 5.32 Å². The zero-order valence-corrected chi connectivity index (χ0v) is 10.6. The minimum absolute atomic E-state index is 0.0318. The van der Waals surface area contributed by atoms with Crippen molar-refractivity contribution in [3.05, 3.63) is 52.0 Å². The fourth-order valence-electron chi connectivity index (χ4n) is 1.57. The molecule has 2 heterocycles. The predicted octanol–water partition coefficient (Wildman–Crippen LogP) is 2.94. The van der Waals surface area contributed by atoms with Crippen molar-refractivity contribution in [2.45, 2.75) is 19.9 Å². The maximum absolute atomic E-state index is 12.0. The summed E-state index contributed by atoms with van der Waals surface area (Å²) in [5.74, 6) is -0.0318. The largest absolute Gasteiger partial charge is 0.343 e. The Morgan fingerprint density at radius 2 is 2.24 bits per heavy atom. The first-order valence-corrected chi connectivity index (χ1v) is 6.32. The maximum Gasteiger partial charge on any atom is 0.262 e. The second kappa shape index (κ2) is 5.10. The molecule has 0 fully saturated rings. The normalized spacial score (nSPS) is 12.1. The monoisotopic (exact) mass is 246 g/mol. The van der Waals surface area contributed by atoms with Gasteiger partial charge in [0.2, 0.25) is 0 Å². The van der Waals surface area contributed by atoms with Crippen LogP contribution in [0.25, 0.3) is 0 Å². The number of pyridine rings is 1. The first-order valence-electron chi connectivity index (χ1n) is 5.44. The zero-order chi connectivity index (χ0) is 12.3. The fourth-order valence-corrected chi connectivity index (χ4v) is 2.40. The van der Waals surface area contributed by atoms with E-state index in [0.29, 0.717) is 0 Å². The second-order valence-corrected chi connectivity index (χ2v) is 4.80. The average Bonchev–Trinajstić information content (AvgIpc) is 2.76. The van der Waals surface area contributed by atoms with E-state index in [-0.39, 0.29) is 11.9 Å². The Labute approximate surface area is 105 Å². The molecule has 17 heavy (non-hydrogen) atoms. The molecule has 0 unspecified atom stereocenters. The van der Waals surface area contributed by atoms with E-state index >= 15 is 0 Å². The molecule has 88 valence electrons. The molecule has 2 aromatic heterocycles. The van der Waals surface area contributed by atoms with Gasteiger partial charge in [0.05, 0.1) is 16.6 Å². The summed E-state index contributed by atoms with van der Waals surface area (Å²) < 4.78 is 0. The number of nitrogens with zero attached hydrogens (tertiary/aromatic N) is 1. The Morgan fingerprint density at radius 1 is 1.41 bits per heavy atom. The Balaban J connectivity index is 2.08. The minimum atomic E-state index is -0.0785. The van der Waals surface area contributed by atoms with Crippen LogP contribution in [0.3, 0.4) is 0 Å². The Hall–Kier alpha value is -1.68. The standard InChI is InChI=1S/C13H14N2OS/c1-9-6-8-17-12(9)13(16)15-10(2)11-5-3-4-7-14-11/h3-8,10H,1-2H3,(H,15,16)/t10-/m0/s1. The first-order chi connectivity index (χ1) is 8.18. The molecule has 0 aromatic carbocycles. The van der Waals surface area contributed by atoms with Gasteiger partial charge in [-0.25, -0.2) is 0 Å². The van der Waals surface area contributed by atoms with Gasteiger partial charge in [-0.1, -0.05) is 6.07 Å². The molecule has 2 rings (SSSR count). The lowest BCUT2D eigenvalue weighted by atomic mass is 10.2. The summed E-state index contributed by atoms with van der Waals surface area (Å²) in [5, 5.41) is 4.87. The van der Waals surface area contributed by atoms with Crippen LogP contribution in [0.1, 0.15) is 33.9 Å². The SMILES string of the molecule is Cc1ccsc1C(=O)N[C@@H](C)c1ccccn1. The molecule has 0 saturated carbocycles. The summed E-state index contributed by atoms with van der Waals surface area (Å²) in [6, 6.07) is 7.56. The fraction of sp³-hybridized carbons (Fsp3) is 0.231. The molecule has 2 aromatic rings. The van der Waals surface area contributed by atoms with Crippen molar-refractivity contribution in [2.75, 3.05) is 0 Å². The highest BCUT2D eigenvalue weighted by Gasteiger charge is 2.14. The summed E-state index contributed by atoms with van der Waals surface area (Å²) in [6.45, 7) is 3.88. The molecule has 0 radical (unpaired) electrons. The molecule has 1 amide bonds. The first kappa shape index (κ1) is 11.8. The lowest BCUT2D eigenvalue weighted by Gasteiger charge is -2.12. The highest BCUT2D eigenvalue weighted by molar-refractivity contribution is 7.12. The summed E-state index contributed by atoms with van der Waals surface area (Å²) in [7, 11) is 0. The highest BCUT2D eigenvalue weighted by atomic mass is 32.1. The van der Waals surface area contributed by atoms with Crippen molar-refractivity contribution in [1.82, 2.24) is 10.3 Å². The molecule has 3 nitrogen and oxygen atoms in total. The molecule has 1 atom stereocenters. The third-order valence-electron chi connectivity index (χ3n) is 2.55. The molecule has 4 heteroatoms. The molecular formula is C13H14N2OS. The maximum atomic E-state index is 12.0. The number of aromatic nitrogens is 1. The van der Waals surface area contributed by atoms with Gasteiger partial charge in [-0.3, -0.25) is 9.78 Å². The van der Waals surface area contributed by atoms with Gasteiger partial charge in [-0.15, -0.1) is 11.3 Å². The topological polar surface area (TPSA) is 42.0 Å². The average molecular weight is 246 g/mol. The number of carbonyl (C=O) groups is 1. The third kappa shape index (κ3) is 2.71. The highest BCUT2D eigenvalue weighted by Crippen LogP contribution is 2.17.